The number of nitro groups is 2. The average molecular weight is 474 g/mol. The molecule has 0 aromatic heterocycles. The van der Waals surface area contributed by atoms with E-state index < -0.39 is 9.85 Å². The van der Waals surface area contributed by atoms with E-state index in [0.717, 1.165) is 11.1 Å². The number of non-ortho nitro benzene ring substituents is 2. The maximum Gasteiger partial charge on any atom is 0.269 e. The van der Waals surface area contributed by atoms with Crippen LogP contribution in [0, 0.1) is 20.2 Å². The van der Waals surface area contributed by atoms with Gasteiger partial charge in [0, 0.05) is 46.6 Å². The Labute approximate surface area is 206 Å². The molecule has 0 unspecified atom stereocenters. The lowest BCUT2D eigenvalue weighted by Crippen LogP contribution is -2.02. The van der Waals surface area contributed by atoms with Gasteiger partial charge >= 0.3 is 0 Å². The predicted molar refractivity (Wildman–Crippen MR) is 138 cm³/mol. The van der Waals surface area contributed by atoms with E-state index in [2.05, 4.69) is 0 Å². The highest BCUT2D eigenvalue weighted by molar-refractivity contribution is 6.59. The molecule has 0 saturated heterocycles. The van der Waals surface area contributed by atoms with Crippen molar-refractivity contribution < 1.29 is 14.6 Å². The molecule has 1 aliphatic carbocycles. The van der Waals surface area contributed by atoms with Crippen molar-refractivity contribution in [3.05, 3.63) is 152 Å². The van der Waals surface area contributed by atoms with Crippen molar-refractivity contribution in [2.45, 2.75) is 0 Å². The van der Waals surface area contributed by atoms with Gasteiger partial charge in [-0.2, -0.15) is 0 Å². The summed E-state index contributed by atoms with van der Waals surface area (Å²) in [6.07, 6.45) is 0. The number of carbonyl (C=O) groups excluding carboxylic acids is 1. The third-order valence-electron chi connectivity index (χ3n) is 6.06. The highest BCUT2D eigenvalue weighted by Crippen LogP contribution is 2.49. The number of carbonyl (C=O) groups is 1. The van der Waals surface area contributed by atoms with Gasteiger partial charge in [-0.15, -0.1) is 0 Å². The van der Waals surface area contributed by atoms with Crippen molar-refractivity contribution in [2.75, 3.05) is 0 Å². The second-order valence-corrected chi connectivity index (χ2v) is 8.17. The molecule has 1 aliphatic rings. The lowest BCUT2D eigenvalue weighted by atomic mass is 9.89. The molecule has 4 aromatic rings. The molecule has 5 rings (SSSR count). The summed E-state index contributed by atoms with van der Waals surface area (Å²) in [6.45, 7) is 0. The molecule has 0 bridgehead atoms. The van der Waals surface area contributed by atoms with Crippen LogP contribution in [0.3, 0.4) is 0 Å². The molecule has 0 atom stereocenters. The van der Waals surface area contributed by atoms with Gasteiger partial charge in [-0.25, -0.2) is 0 Å². The zero-order chi connectivity index (χ0) is 25.2. The molecule has 0 amide bonds. The third kappa shape index (κ3) is 3.99. The first-order chi connectivity index (χ1) is 17.5. The number of nitro benzene ring substituents is 2. The molecule has 0 radical (unpaired) electrons. The smallest absolute Gasteiger partial charge is 0.269 e. The Morgan fingerprint density at radius 3 is 1.03 bits per heavy atom. The topological polar surface area (TPSA) is 103 Å². The Hall–Kier alpha value is -5.17. The van der Waals surface area contributed by atoms with Gasteiger partial charge in [0.25, 0.3) is 11.4 Å². The van der Waals surface area contributed by atoms with Gasteiger partial charge in [0.15, 0.2) is 5.78 Å². The Bertz CT molecular complexity index is 1440. The van der Waals surface area contributed by atoms with Crippen LogP contribution < -0.4 is 0 Å². The first kappa shape index (κ1) is 22.6. The zero-order valence-corrected chi connectivity index (χ0v) is 18.8. The fourth-order valence-electron chi connectivity index (χ4n) is 4.44. The number of benzene rings is 4. The minimum Gasteiger partial charge on any atom is -0.289 e. The molecule has 4 aromatic carbocycles. The standard InChI is InChI=1S/C29H18N2O5/c32-29-27(21-11-15-23(16-12-21)30(33)34)25(19-7-3-1-4-8-19)26(20-9-5-2-6-10-20)28(29)22-13-17-24(18-14-22)31(35)36/h1-18H. The fraction of sp³-hybridized carbons (Fsp3) is 0. The second kappa shape index (κ2) is 9.23. The molecular weight excluding hydrogens is 456 g/mol. The van der Waals surface area contributed by atoms with E-state index in [4.69, 9.17) is 0 Å². The lowest BCUT2D eigenvalue weighted by molar-refractivity contribution is -0.385. The summed E-state index contributed by atoms with van der Waals surface area (Å²) < 4.78 is 0. The highest BCUT2D eigenvalue weighted by Gasteiger charge is 2.35. The lowest BCUT2D eigenvalue weighted by Gasteiger charge is -2.13. The summed E-state index contributed by atoms with van der Waals surface area (Å²) in [7, 11) is 0. The second-order valence-electron chi connectivity index (χ2n) is 8.17. The first-order valence-corrected chi connectivity index (χ1v) is 11.1. The minimum absolute atomic E-state index is 0.0714. The van der Waals surface area contributed by atoms with Crippen molar-refractivity contribution in [1.29, 1.82) is 0 Å². The Morgan fingerprint density at radius 1 is 0.417 bits per heavy atom. The van der Waals surface area contributed by atoms with E-state index in [0.29, 0.717) is 33.4 Å². The van der Waals surface area contributed by atoms with Gasteiger partial charge in [-0.3, -0.25) is 25.0 Å². The quantitative estimate of drug-likeness (QED) is 0.231. The van der Waals surface area contributed by atoms with Crippen LogP contribution >= 0.6 is 0 Å². The van der Waals surface area contributed by atoms with Crippen molar-refractivity contribution in [3.8, 4) is 0 Å². The normalized spacial score (nSPS) is 13.3. The minimum atomic E-state index is -0.483. The largest absolute Gasteiger partial charge is 0.289 e. The molecule has 7 nitrogen and oxygen atoms in total. The summed E-state index contributed by atoms with van der Waals surface area (Å²) in [5, 5.41) is 22.4. The molecule has 0 heterocycles. The van der Waals surface area contributed by atoms with Crippen LogP contribution in [0.5, 0.6) is 0 Å². The molecule has 174 valence electrons. The molecule has 0 spiro atoms. The van der Waals surface area contributed by atoms with Crippen LogP contribution in [-0.2, 0) is 4.79 Å². The van der Waals surface area contributed by atoms with E-state index in [9.17, 15) is 25.0 Å². The van der Waals surface area contributed by atoms with Crippen LogP contribution in [0.1, 0.15) is 22.3 Å². The molecule has 36 heavy (non-hydrogen) atoms. The molecule has 0 aliphatic heterocycles. The maximum absolute atomic E-state index is 14.1. The number of ketones is 1. The number of hydrogen-bond acceptors (Lipinski definition) is 5. The highest BCUT2D eigenvalue weighted by atomic mass is 16.6. The first-order valence-electron chi connectivity index (χ1n) is 11.1. The van der Waals surface area contributed by atoms with Gasteiger partial charge in [0.1, 0.15) is 0 Å². The van der Waals surface area contributed by atoms with E-state index in [-0.39, 0.29) is 17.2 Å². The summed E-state index contributed by atoms with van der Waals surface area (Å²) in [5.41, 5.74) is 4.83. The number of Topliss-reactive ketones (excluding diaryl/α,β-unsaturated/α-hetero) is 1. The van der Waals surface area contributed by atoms with Crippen LogP contribution in [0.25, 0.3) is 22.3 Å². The van der Waals surface area contributed by atoms with E-state index in [1.165, 1.54) is 24.3 Å². The van der Waals surface area contributed by atoms with Crippen molar-refractivity contribution in [3.63, 3.8) is 0 Å². The van der Waals surface area contributed by atoms with Crippen molar-refractivity contribution in [1.82, 2.24) is 0 Å². The zero-order valence-electron chi connectivity index (χ0n) is 18.8. The number of hydrogen-bond donors (Lipinski definition) is 0. The van der Waals surface area contributed by atoms with E-state index in [1.807, 2.05) is 60.7 Å². The Balaban J connectivity index is 1.81. The molecule has 0 fully saturated rings. The average Bonchev–Trinajstić information content (AvgIpc) is 3.22. The van der Waals surface area contributed by atoms with Gasteiger partial charge in [-0.1, -0.05) is 60.7 Å². The number of rotatable bonds is 6. The van der Waals surface area contributed by atoms with Crippen LogP contribution in [0.4, 0.5) is 11.4 Å². The monoisotopic (exact) mass is 474 g/mol. The summed E-state index contributed by atoms with van der Waals surface area (Å²) in [5.74, 6) is -0.254. The van der Waals surface area contributed by atoms with Gasteiger partial charge < -0.3 is 0 Å². The Morgan fingerprint density at radius 2 is 0.722 bits per heavy atom. The predicted octanol–water partition coefficient (Wildman–Crippen LogP) is 6.61. The SMILES string of the molecule is O=C1C(c2ccc([N+](=O)[O-])cc2)=C(c2ccccc2)C(c2ccccc2)=C1c1ccc([N+](=O)[O-])cc1. The maximum atomic E-state index is 14.1. The number of allylic oxidation sites excluding steroid dienone is 4. The van der Waals surface area contributed by atoms with E-state index >= 15 is 0 Å². The van der Waals surface area contributed by atoms with Gasteiger partial charge in [-0.05, 0) is 46.5 Å². The van der Waals surface area contributed by atoms with Crippen LogP contribution in [0.2, 0.25) is 0 Å². The van der Waals surface area contributed by atoms with Crippen LogP contribution in [0.15, 0.2) is 109 Å². The molecule has 0 N–H and O–H groups in total. The summed E-state index contributed by atoms with van der Waals surface area (Å²) in [6, 6.07) is 30.8. The third-order valence-corrected chi connectivity index (χ3v) is 6.06. The molecule has 0 saturated carbocycles. The van der Waals surface area contributed by atoms with Crippen molar-refractivity contribution >= 4 is 39.5 Å². The number of nitrogens with zero attached hydrogens (tertiary/aromatic N) is 2. The van der Waals surface area contributed by atoms with E-state index in [1.54, 1.807) is 24.3 Å². The summed E-state index contributed by atoms with van der Waals surface area (Å²) in [4.78, 5) is 35.6. The molecular formula is C29H18N2O5. The summed E-state index contributed by atoms with van der Waals surface area (Å²) >= 11 is 0. The van der Waals surface area contributed by atoms with Crippen LogP contribution in [-0.4, -0.2) is 15.6 Å². The van der Waals surface area contributed by atoms with Gasteiger partial charge in [0.05, 0.1) is 9.85 Å². The van der Waals surface area contributed by atoms with Gasteiger partial charge in [0.2, 0.25) is 0 Å². The Kier molecular flexibility index (Phi) is 5.80. The molecule has 7 heteroatoms. The van der Waals surface area contributed by atoms with Crippen molar-refractivity contribution in [2.24, 2.45) is 0 Å². The fourth-order valence-corrected chi connectivity index (χ4v) is 4.44.